The summed E-state index contributed by atoms with van der Waals surface area (Å²) in [6.07, 6.45) is 2.08. The molecule has 0 radical (unpaired) electrons. The molecule has 0 amide bonds. The first kappa shape index (κ1) is 14.6. The summed E-state index contributed by atoms with van der Waals surface area (Å²) in [5, 5.41) is 0.288. The van der Waals surface area contributed by atoms with Crippen molar-refractivity contribution in [3.8, 4) is 11.6 Å². The first-order valence-corrected chi connectivity index (χ1v) is 7.67. The van der Waals surface area contributed by atoms with Crippen molar-refractivity contribution < 1.29 is 19.0 Å². The molecule has 1 aromatic carbocycles. The number of nitrogen functional groups attached to an aromatic ring is 1. The topological polar surface area (TPSA) is 83.7 Å². The van der Waals surface area contributed by atoms with E-state index in [1.165, 1.54) is 12.7 Å². The molecule has 2 aromatic rings. The van der Waals surface area contributed by atoms with Crippen LogP contribution in [0.15, 0.2) is 18.2 Å². The number of methoxy groups -OCH3 is 1. The van der Waals surface area contributed by atoms with Crippen LogP contribution in [0.1, 0.15) is 27.9 Å². The summed E-state index contributed by atoms with van der Waals surface area (Å²) in [4.78, 5) is 11.7. The molecular weight excluding hydrogens is 304 g/mol. The van der Waals surface area contributed by atoms with Gasteiger partial charge in [0.1, 0.15) is 17.4 Å². The Bertz CT molecular complexity index is 699. The van der Waals surface area contributed by atoms with Crippen LogP contribution < -0.4 is 15.2 Å². The smallest absolute Gasteiger partial charge is 0.346 e. The highest BCUT2D eigenvalue weighted by Crippen LogP contribution is 2.30. The summed E-state index contributed by atoms with van der Waals surface area (Å²) in [6, 6.07) is 5.99. The fourth-order valence-corrected chi connectivity index (χ4v) is 2.89. The van der Waals surface area contributed by atoms with Gasteiger partial charge in [0.15, 0.2) is 5.56 Å². The predicted molar refractivity (Wildman–Crippen MR) is 82.5 cm³/mol. The number of carbonyl (C=O) groups is 1. The number of aromatic nitrogens is 1. The number of carbonyl (C=O) groups excluding carboxylic acids is 1. The summed E-state index contributed by atoms with van der Waals surface area (Å²) in [7, 11) is 1.30. The molecule has 6 nitrogen and oxygen atoms in total. The van der Waals surface area contributed by atoms with E-state index in [9.17, 15) is 4.79 Å². The normalized spacial score (nSPS) is 13.1. The van der Waals surface area contributed by atoms with E-state index in [0.717, 1.165) is 42.3 Å². The van der Waals surface area contributed by atoms with Crippen molar-refractivity contribution in [3.05, 3.63) is 34.9 Å². The number of anilines is 1. The zero-order chi connectivity index (χ0) is 15.5. The number of aryl methyl sites for hydroxylation is 1. The molecule has 0 saturated heterocycles. The summed E-state index contributed by atoms with van der Waals surface area (Å²) < 4.78 is 20.0. The minimum absolute atomic E-state index is 0.182. The quantitative estimate of drug-likeness (QED) is 0.871. The lowest BCUT2D eigenvalue weighted by atomic mass is 10.0. The molecule has 116 valence electrons. The van der Waals surface area contributed by atoms with E-state index in [-0.39, 0.29) is 23.1 Å². The van der Waals surface area contributed by atoms with Crippen LogP contribution in [-0.2, 0) is 17.8 Å². The number of esters is 1. The minimum atomic E-state index is -0.546. The molecule has 1 aromatic heterocycles. The van der Waals surface area contributed by atoms with Gasteiger partial charge in [-0.25, -0.2) is 4.79 Å². The summed E-state index contributed by atoms with van der Waals surface area (Å²) >= 11 is 1.01. The first-order valence-electron chi connectivity index (χ1n) is 6.90. The van der Waals surface area contributed by atoms with Crippen LogP contribution in [0.5, 0.6) is 11.6 Å². The van der Waals surface area contributed by atoms with Crippen molar-refractivity contribution in [2.45, 2.75) is 19.4 Å². The highest BCUT2D eigenvalue weighted by molar-refractivity contribution is 7.10. The van der Waals surface area contributed by atoms with Gasteiger partial charge in [-0.05, 0) is 41.6 Å². The minimum Gasteiger partial charge on any atom is -0.493 e. The molecule has 2 heterocycles. The van der Waals surface area contributed by atoms with Gasteiger partial charge < -0.3 is 19.9 Å². The first-order chi connectivity index (χ1) is 10.7. The number of fused-ring (bicyclic) bond motifs is 1. The van der Waals surface area contributed by atoms with E-state index in [1.54, 1.807) is 0 Å². The Morgan fingerprint density at radius 2 is 2.36 bits per heavy atom. The Hall–Kier alpha value is -2.28. The van der Waals surface area contributed by atoms with Crippen LogP contribution in [0.25, 0.3) is 0 Å². The van der Waals surface area contributed by atoms with E-state index >= 15 is 0 Å². The molecule has 0 fully saturated rings. The Balaban J connectivity index is 1.74. The molecule has 0 aliphatic carbocycles. The van der Waals surface area contributed by atoms with Crippen LogP contribution in [-0.4, -0.2) is 24.1 Å². The maximum absolute atomic E-state index is 11.7. The number of rotatable bonds is 4. The predicted octanol–water partition coefficient (Wildman–Crippen LogP) is 2.42. The molecule has 1 aliphatic rings. The van der Waals surface area contributed by atoms with Crippen LogP contribution in [0.3, 0.4) is 0 Å². The zero-order valence-electron chi connectivity index (χ0n) is 12.1. The maximum Gasteiger partial charge on any atom is 0.346 e. The van der Waals surface area contributed by atoms with Crippen LogP contribution in [0.2, 0.25) is 0 Å². The highest BCUT2D eigenvalue weighted by Gasteiger charge is 2.21. The van der Waals surface area contributed by atoms with E-state index in [4.69, 9.17) is 19.9 Å². The Morgan fingerprint density at radius 3 is 3.18 bits per heavy atom. The zero-order valence-corrected chi connectivity index (χ0v) is 12.9. The van der Waals surface area contributed by atoms with Crippen molar-refractivity contribution in [2.75, 3.05) is 19.5 Å². The Labute approximate surface area is 132 Å². The lowest BCUT2D eigenvalue weighted by Gasteiger charge is -2.17. The van der Waals surface area contributed by atoms with Gasteiger partial charge in [0, 0.05) is 0 Å². The molecule has 0 saturated carbocycles. The van der Waals surface area contributed by atoms with Gasteiger partial charge in [-0.3, -0.25) is 0 Å². The van der Waals surface area contributed by atoms with Crippen LogP contribution >= 0.6 is 11.5 Å². The second kappa shape index (κ2) is 6.23. The molecule has 1 aliphatic heterocycles. The molecule has 7 heteroatoms. The van der Waals surface area contributed by atoms with Gasteiger partial charge in [0.25, 0.3) is 0 Å². The average molecular weight is 320 g/mol. The molecule has 0 unspecified atom stereocenters. The fourth-order valence-electron chi connectivity index (χ4n) is 2.30. The molecule has 0 bridgehead atoms. The standard InChI is InChI=1S/C15H16N2O4S/c1-19-15(18)12-13(16)22-17-14(12)21-8-9-4-5-10-3-2-6-20-11(10)7-9/h4-5,7H,2-3,6,8,16H2,1H3. The summed E-state index contributed by atoms with van der Waals surface area (Å²) in [6.45, 7) is 1.02. The number of nitrogens with two attached hydrogens (primary N) is 1. The van der Waals surface area contributed by atoms with E-state index in [2.05, 4.69) is 4.37 Å². The molecule has 0 atom stereocenters. The third-order valence-corrected chi connectivity index (χ3v) is 4.09. The highest BCUT2D eigenvalue weighted by atomic mass is 32.1. The van der Waals surface area contributed by atoms with Gasteiger partial charge in [-0.15, -0.1) is 0 Å². The number of nitrogens with zero attached hydrogens (tertiary/aromatic N) is 1. The average Bonchev–Trinajstić information content (AvgIpc) is 2.92. The van der Waals surface area contributed by atoms with E-state index in [1.807, 2.05) is 18.2 Å². The molecule has 0 spiro atoms. The van der Waals surface area contributed by atoms with Gasteiger partial charge in [-0.2, -0.15) is 4.37 Å². The number of hydrogen-bond acceptors (Lipinski definition) is 7. The Kier molecular flexibility index (Phi) is 4.15. The second-order valence-corrected chi connectivity index (χ2v) is 5.71. The second-order valence-electron chi connectivity index (χ2n) is 4.90. The number of ether oxygens (including phenoxy) is 3. The van der Waals surface area contributed by atoms with Gasteiger partial charge >= 0.3 is 5.97 Å². The largest absolute Gasteiger partial charge is 0.493 e. The van der Waals surface area contributed by atoms with Crippen molar-refractivity contribution in [2.24, 2.45) is 0 Å². The van der Waals surface area contributed by atoms with Gasteiger partial charge in [0.2, 0.25) is 5.88 Å². The molecule has 2 N–H and O–H groups in total. The third-order valence-electron chi connectivity index (χ3n) is 3.43. The van der Waals surface area contributed by atoms with Crippen molar-refractivity contribution in [1.29, 1.82) is 0 Å². The van der Waals surface area contributed by atoms with Gasteiger partial charge in [0.05, 0.1) is 13.7 Å². The number of hydrogen-bond donors (Lipinski definition) is 1. The van der Waals surface area contributed by atoms with Crippen LogP contribution in [0.4, 0.5) is 5.00 Å². The van der Waals surface area contributed by atoms with Crippen LogP contribution in [0, 0.1) is 0 Å². The molecule has 3 rings (SSSR count). The van der Waals surface area contributed by atoms with Gasteiger partial charge in [-0.1, -0.05) is 12.1 Å². The lowest BCUT2D eigenvalue weighted by Crippen LogP contribution is -2.09. The lowest BCUT2D eigenvalue weighted by molar-refractivity contribution is 0.0597. The number of benzene rings is 1. The van der Waals surface area contributed by atoms with E-state index < -0.39 is 5.97 Å². The molecule has 22 heavy (non-hydrogen) atoms. The third kappa shape index (κ3) is 2.85. The summed E-state index contributed by atoms with van der Waals surface area (Å²) in [5.41, 5.74) is 8.07. The van der Waals surface area contributed by atoms with Crippen molar-refractivity contribution >= 4 is 22.5 Å². The van der Waals surface area contributed by atoms with Crippen molar-refractivity contribution in [3.63, 3.8) is 0 Å². The maximum atomic E-state index is 11.7. The molecular formula is C15H16N2O4S. The SMILES string of the molecule is COC(=O)c1c(OCc2ccc3c(c2)OCCC3)nsc1N. The summed E-state index contributed by atoms with van der Waals surface area (Å²) in [5.74, 6) is 0.557. The van der Waals surface area contributed by atoms with Crippen molar-refractivity contribution in [1.82, 2.24) is 4.37 Å². The fraction of sp³-hybridized carbons (Fsp3) is 0.333. The monoisotopic (exact) mass is 320 g/mol. The Morgan fingerprint density at radius 1 is 1.50 bits per heavy atom. The van der Waals surface area contributed by atoms with E-state index in [0.29, 0.717) is 0 Å².